The Morgan fingerprint density at radius 3 is 2.67 bits per heavy atom. The summed E-state index contributed by atoms with van der Waals surface area (Å²) in [7, 11) is -3.83. The average molecular weight is 233 g/mol. The van der Waals surface area contributed by atoms with Gasteiger partial charge in [0.05, 0.1) is 6.20 Å². The van der Waals surface area contributed by atoms with Crippen molar-refractivity contribution in [2.24, 2.45) is 0 Å². The first kappa shape index (κ1) is 11.7. The normalized spacial score (nSPS) is 13.7. The molecule has 1 aromatic rings. The smallest absolute Gasteiger partial charge is 0.321 e. The maximum Gasteiger partial charge on any atom is 0.321 e. The van der Waals surface area contributed by atoms with Gasteiger partial charge in [0.2, 0.25) is 0 Å². The van der Waals surface area contributed by atoms with Crippen molar-refractivity contribution in [2.45, 2.75) is 24.9 Å². The molecule has 0 amide bonds. The third kappa shape index (κ3) is 2.77. The second kappa shape index (κ2) is 3.99. The lowest BCUT2D eigenvalue weighted by atomic mass is 10.4. The first-order valence-corrected chi connectivity index (χ1v) is 5.58. The van der Waals surface area contributed by atoms with E-state index in [-0.39, 0.29) is 5.03 Å². The molecular formula is C7H11N3O4S. The summed E-state index contributed by atoms with van der Waals surface area (Å²) in [6, 6.07) is -1.18. The lowest BCUT2D eigenvalue weighted by Crippen LogP contribution is -2.38. The molecule has 1 rings (SSSR count). The van der Waals surface area contributed by atoms with Crippen molar-refractivity contribution >= 4 is 16.0 Å². The fourth-order valence-corrected chi connectivity index (χ4v) is 2.05. The number of hydrogen-bond acceptors (Lipinski definition) is 4. The van der Waals surface area contributed by atoms with Crippen LogP contribution in [0.5, 0.6) is 0 Å². The Labute approximate surface area is 86.6 Å². The molecule has 0 aromatic carbocycles. The van der Waals surface area contributed by atoms with Crippen LogP contribution in [0.1, 0.15) is 12.7 Å². The largest absolute Gasteiger partial charge is 0.480 e. The molecule has 0 fully saturated rings. The number of carbonyl (C=O) groups is 1. The van der Waals surface area contributed by atoms with E-state index >= 15 is 0 Å². The van der Waals surface area contributed by atoms with E-state index in [1.807, 2.05) is 4.72 Å². The third-order valence-electron chi connectivity index (χ3n) is 1.67. The average Bonchev–Trinajstić information content (AvgIpc) is 2.51. The molecule has 8 heteroatoms. The van der Waals surface area contributed by atoms with Crippen LogP contribution in [0.25, 0.3) is 0 Å². The Kier molecular flexibility index (Phi) is 3.10. The van der Waals surface area contributed by atoms with Crippen LogP contribution >= 0.6 is 0 Å². The summed E-state index contributed by atoms with van der Waals surface area (Å²) in [5, 5.41) is 8.40. The van der Waals surface area contributed by atoms with Gasteiger partial charge >= 0.3 is 5.97 Å². The molecule has 0 saturated heterocycles. The van der Waals surface area contributed by atoms with Crippen LogP contribution in [0.4, 0.5) is 0 Å². The zero-order chi connectivity index (χ0) is 11.6. The van der Waals surface area contributed by atoms with Crippen molar-refractivity contribution in [1.29, 1.82) is 0 Å². The first-order chi connectivity index (χ1) is 6.83. The van der Waals surface area contributed by atoms with E-state index in [4.69, 9.17) is 5.11 Å². The lowest BCUT2D eigenvalue weighted by molar-refractivity contribution is -0.138. The van der Waals surface area contributed by atoms with Gasteiger partial charge in [-0.05, 0) is 13.8 Å². The zero-order valence-corrected chi connectivity index (χ0v) is 9.00. The highest BCUT2D eigenvalue weighted by Crippen LogP contribution is 2.05. The van der Waals surface area contributed by atoms with Gasteiger partial charge in [0.15, 0.2) is 5.03 Å². The molecule has 0 aliphatic carbocycles. The predicted molar refractivity (Wildman–Crippen MR) is 50.7 cm³/mol. The first-order valence-electron chi connectivity index (χ1n) is 4.09. The van der Waals surface area contributed by atoms with Gasteiger partial charge in [-0.15, -0.1) is 0 Å². The van der Waals surface area contributed by atoms with E-state index in [1.165, 1.54) is 6.92 Å². The van der Waals surface area contributed by atoms with Gasteiger partial charge in [-0.2, -0.15) is 4.72 Å². The minimum atomic E-state index is -3.83. The van der Waals surface area contributed by atoms with Crippen LogP contribution in [-0.4, -0.2) is 35.5 Å². The fourth-order valence-electron chi connectivity index (χ4n) is 0.881. The van der Waals surface area contributed by atoms with E-state index in [9.17, 15) is 13.2 Å². The summed E-state index contributed by atoms with van der Waals surface area (Å²) < 4.78 is 25.0. The summed E-state index contributed by atoms with van der Waals surface area (Å²) >= 11 is 0. The Bertz CT molecular complexity index is 464. The lowest BCUT2D eigenvalue weighted by Gasteiger charge is -2.07. The summed E-state index contributed by atoms with van der Waals surface area (Å²) in [5.74, 6) is -0.798. The van der Waals surface area contributed by atoms with Gasteiger partial charge in [-0.1, -0.05) is 0 Å². The molecular weight excluding hydrogens is 222 g/mol. The number of hydrogen-bond donors (Lipinski definition) is 3. The summed E-state index contributed by atoms with van der Waals surface area (Å²) in [4.78, 5) is 16.7. The number of carboxylic acids is 1. The van der Waals surface area contributed by atoms with E-state index in [2.05, 4.69) is 9.97 Å². The molecule has 15 heavy (non-hydrogen) atoms. The molecule has 1 aromatic heterocycles. The molecule has 0 saturated carbocycles. The van der Waals surface area contributed by atoms with Gasteiger partial charge in [0, 0.05) is 0 Å². The number of nitrogens with zero attached hydrogens (tertiary/aromatic N) is 1. The minimum Gasteiger partial charge on any atom is -0.480 e. The van der Waals surface area contributed by atoms with Crippen LogP contribution in [0.2, 0.25) is 0 Å². The quantitative estimate of drug-likeness (QED) is 0.647. The minimum absolute atomic E-state index is 0.145. The van der Waals surface area contributed by atoms with Crippen molar-refractivity contribution < 1.29 is 18.3 Å². The fraction of sp³-hybridized carbons (Fsp3) is 0.429. The number of sulfonamides is 1. The molecule has 0 aliphatic heterocycles. The van der Waals surface area contributed by atoms with Gasteiger partial charge in [-0.25, -0.2) is 13.4 Å². The summed E-state index contributed by atoms with van der Waals surface area (Å²) in [6.45, 7) is 2.84. The van der Waals surface area contributed by atoms with Crippen LogP contribution in [0, 0.1) is 6.92 Å². The Morgan fingerprint density at radius 2 is 2.27 bits per heavy atom. The number of aryl methyl sites for hydroxylation is 1. The number of nitrogens with one attached hydrogen (secondary N) is 2. The number of carboxylic acid groups (broad SMARTS) is 1. The van der Waals surface area contributed by atoms with Gasteiger partial charge in [0.1, 0.15) is 11.9 Å². The molecule has 0 aliphatic rings. The van der Waals surface area contributed by atoms with Crippen molar-refractivity contribution in [3.63, 3.8) is 0 Å². The number of rotatable bonds is 4. The zero-order valence-electron chi connectivity index (χ0n) is 8.18. The molecule has 1 atom stereocenters. The molecule has 0 spiro atoms. The number of H-pyrrole nitrogens is 1. The maximum absolute atomic E-state index is 11.5. The van der Waals surface area contributed by atoms with Gasteiger partial charge in [0.25, 0.3) is 10.0 Å². The van der Waals surface area contributed by atoms with E-state index in [0.717, 1.165) is 6.20 Å². The summed E-state index contributed by atoms with van der Waals surface area (Å²) in [6.07, 6.45) is 1.13. The summed E-state index contributed by atoms with van der Waals surface area (Å²) in [5.41, 5.74) is 0. The predicted octanol–water partition coefficient (Wildman–Crippen LogP) is -0.530. The third-order valence-corrected chi connectivity index (χ3v) is 3.12. The number of imidazole rings is 1. The highest BCUT2D eigenvalue weighted by Gasteiger charge is 2.22. The van der Waals surface area contributed by atoms with Crippen LogP contribution in [0.3, 0.4) is 0 Å². The van der Waals surface area contributed by atoms with Gasteiger partial charge < -0.3 is 10.1 Å². The molecule has 0 bridgehead atoms. The maximum atomic E-state index is 11.5. The highest BCUT2D eigenvalue weighted by atomic mass is 32.2. The number of aliphatic carboxylic acids is 1. The molecule has 3 N–H and O–H groups in total. The van der Waals surface area contributed by atoms with Crippen LogP contribution in [0.15, 0.2) is 11.2 Å². The Balaban J connectivity index is 2.90. The molecule has 1 unspecified atom stereocenters. The van der Waals surface area contributed by atoms with Crippen LogP contribution < -0.4 is 4.72 Å². The molecule has 7 nitrogen and oxygen atoms in total. The second-order valence-corrected chi connectivity index (χ2v) is 4.70. The van der Waals surface area contributed by atoms with Crippen molar-refractivity contribution in [3.05, 3.63) is 12.0 Å². The molecule has 84 valence electrons. The Hall–Kier alpha value is -1.41. The van der Waals surface area contributed by atoms with E-state index < -0.39 is 22.0 Å². The van der Waals surface area contributed by atoms with Crippen LogP contribution in [-0.2, 0) is 14.8 Å². The highest BCUT2D eigenvalue weighted by molar-refractivity contribution is 7.89. The SMILES string of the molecule is Cc1ncc(S(=O)(=O)NC(C)C(=O)O)[nH]1. The van der Waals surface area contributed by atoms with Crippen molar-refractivity contribution in [3.8, 4) is 0 Å². The number of aromatic amines is 1. The van der Waals surface area contributed by atoms with Crippen molar-refractivity contribution in [1.82, 2.24) is 14.7 Å². The van der Waals surface area contributed by atoms with E-state index in [0.29, 0.717) is 5.82 Å². The second-order valence-electron chi connectivity index (χ2n) is 3.01. The van der Waals surface area contributed by atoms with Gasteiger partial charge in [-0.3, -0.25) is 4.79 Å². The topological polar surface area (TPSA) is 112 Å². The molecule has 0 radical (unpaired) electrons. The molecule has 1 heterocycles. The monoisotopic (exact) mass is 233 g/mol. The Morgan fingerprint density at radius 1 is 1.67 bits per heavy atom. The van der Waals surface area contributed by atoms with Crippen molar-refractivity contribution in [2.75, 3.05) is 0 Å². The standard InChI is InChI=1S/C7H11N3O4S/c1-4(7(11)12)10-15(13,14)6-3-8-5(2)9-6/h3-4,10H,1-2H3,(H,8,9)(H,11,12). The number of aromatic nitrogens is 2. The van der Waals surface area contributed by atoms with E-state index in [1.54, 1.807) is 6.92 Å².